The average molecular weight is 505 g/mol. The van der Waals surface area contributed by atoms with Crippen LogP contribution in [0.2, 0.25) is 0 Å². The number of nitrogens with zero attached hydrogens (tertiary/aromatic N) is 1. The monoisotopic (exact) mass is 504 g/mol. The van der Waals surface area contributed by atoms with Gasteiger partial charge in [-0.25, -0.2) is 9.59 Å². The van der Waals surface area contributed by atoms with Crippen molar-refractivity contribution in [3.05, 3.63) is 57.6 Å². The van der Waals surface area contributed by atoms with E-state index in [1.54, 1.807) is 12.0 Å². The molecule has 1 atom stereocenters. The summed E-state index contributed by atoms with van der Waals surface area (Å²) in [6, 6.07) is 11.2. The number of methoxy groups -OCH3 is 2. The molecule has 1 aliphatic rings. The minimum atomic E-state index is -1.02. The summed E-state index contributed by atoms with van der Waals surface area (Å²) in [5.41, 5.74) is 2.49. The van der Waals surface area contributed by atoms with E-state index in [0.717, 1.165) is 33.3 Å². The number of benzene rings is 2. The second-order valence-corrected chi connectivity index (χ2v) is 8.57. The number of hydrogen-bond donors (Lipinski definition) is 1. The second kappa shape index (κ2) is 11.4. The molecule has 174 valence electrons. The van der Waals surface area contributed by atoms with Crippen LogP contribution >= 0.6 is 15.9 Å². The molecule has 1 heterocycles. The molecule has 3 rings (SSSR count). The van der Waals surface area contributed by atoms with Crippen molar-refractivity contribution in [2.75, 3.05) is 26.1 Å². The first kappa shape index (κ1) is 25.7. The number of esters is 1. The first-order valence-electron chi connectivity index (χ1n) is 10.9. The van der Waals surface area contributed by atoms with Gasteiger partial charge in [0.15, 0.2) is 0 Å². The molecular formula is C25H33BrN2O4. The third kappa shape index (κ3) is 5.44. The summed E-state index contributed by atoms with van der Waals surface area (Å²) in [7, 11) is 3.00. The van der Waals surface area contributed by atoms with Crippen LogP contribution in [0, 0.1) is 13.8 Å². The van der Waals surface area contributed by atoms with Gasteiger partial charge in [-0.1, -0.05) is 41.9 Å². The van der Waals surface area contributed by atoms with Crippen molar-refractivity contribution in [3.63, 3.8) is 0 Å². The highest BCUT2D eigenvalue weighted by Gasteiger charge is 2.50. The summed E-state index contributed by atoms with van der Waals surface area (Å²) < 4.78 is 11.5. The van der Waals surface area contributed by atoms with Gasteiger partial charge in [0.05, 0.1) is 14.2 Å². The highest BCUT2D eigenvalue weighted by Crippen LogP contribution is 2.35. The normalized spacial score (nSPS) is 17.3. The van der Waals surface area contributed by atoms with Crippen molar-refractivity contribution >= 4 is 33.6 Å². The third-order valence-electron chi connectivity index (χ3n) is 5.62. The maximum Gasteiger partial charge on any atom is 0.332 e. The maximum atomic E-state index is 13.2. The zero-order valence-corrected chi connectivity index (χ0v) is 21.3. The highest BCUT2D eigenvalue weighted by atomic mass is 79.9. The fraction of sp³-hybridized carbons (Fsp3) is 0.440. The Kier molecular flexibility index (Phi) is 9.13. The van der Waals surface area contributed by atoms with E-state index < -0.39 is 5.54 Å². The Morgan fingerprint density at radius 3 is 2.22 bits per heavy atom. The highest BCUT2D eigenvalue weighted by molar-refractivity contribution is 9.10. The molecule has 1 unspecified atom stereocenters. The molecule has 7 heteroatoms. The second-order valence-electron chi connectivity index (χ2n) is 7.66. The number of urea groups is 1. The molecule has 2 aromatic rings. The van der Waals surface area contributed by atoms with Crippen LogP contribution in [-0.2, 0) is 16.0 Å². The van der Waals surface area contributed by atoms with Crippen molar-refractivity contribution in [2.24, 2.45) is 0 Å². The number of likely N-dealkylation sites (tertiary alicyclic amines) is 1. The summed E-state index contributed by atoms with van der Waals surface area (Å²) in [6.07, 6.45) is 1.70. The quantitative estimate of drug-likeness (QED) is 0.515. The largest absolute Gasteiger partial charge is 0.496 e. The summed E-state index contributed by atoms with van der Waals surface area (Å²) >= 11 is 3.43. The van der Waals surface area contributed by atoms with Crippen LogP contribution < -0.4 is 10.1 Å². The van der Waals surface area contributed by atoms with Gasteiger partial charge >= 0.3 is 12.0 Å². The number of halogens is 1. The van der Waals surface area contributed by atoms with E-state index in [-0.39, 0.29) is 12.0 Å². The number of ether oxygens (including phenoxy) is 2. The lowest BCUT2D eigenvalue weighted by molar-refractivity contribution is -0.151. The number of nitrogens with one attached hydrogen (secondary N) is 1. The standard InChI is InChI=1S/C23H27BrN2O4.C2H6/c1-15-12-19(13-16(2)20(15)29-3)25-22(28)26-11-5-10-23(26,21(27)30-4)14-17-6-8-18(24)9-7-17;1-2/h6-9,12-13H,5,10-11,14H2,1-4H3,(H,25,28);1-2H3. The summed E-state index contributed by atoms with van der Waals surface area (Å²) in [5, 5.41) is 2.96. The third-order valence-corrected chi connectivity index (χ3v) is 6.15. The molecule has 32 heavy (non-hydrogen) atoms. The van der Waals surface area contributed by atoms with Crippen molar-refractivity contribution in [1.29, 1.82) is 0 Å². The molecule has 6 nitrogen and oxygen atoms in total. The number of amides is 2. The zero-order chi connectivity index (χ0) is 23.9. The summed E-state index contributed by atoms with van der Waals surface area (Å²) in [4.78, 5) is 27.8. The van der Waals surface area contributed by atoms with Crippen LogP contribution in [0.3, 0.4) is 0 Å². The minimum absolute atomic E-state index is 0.307. The van der Waals surface area contributed by atoms with E-state index in [1.165, 1.54) is 7.11 Å². The SMILES string of the molecule is CC.COC(=O)C1(Cc2ccc(Br)cc2)CCCN1C(=O)Nc1cc(C)c(OC)c(C)c1. The topological polar surface area (TPSA) is 67.9 Å². The molecule has 2 aromatic carbocycles. The number of rotatable bonds is 5. The van der Waals surface area contributed by atoms with Gasteiger partial charge in [0.1, 0.15) is 11.3 Å². The lowest BCUT2D eigenvalue weighted by Gasteiger charge is -2.36. The van der Waals surface area contributed by atoms with Gasteiger partial charge < -0.3 is 19.7 Å². The Hall–Kier alpha value is -2.54. The van der Waals surface area contributed by atoms with Gasteiger partial charge in [-0.2, -0.15) is 0 Å². The Morgan fingerprint density at radius 2 is 1.69 bits per heavy atom. The van der Waals surface area contributed by atoms with Gasteiger partial charge in [0.25, 0.3) is 0 Å². The summed E-state index contributed by atoms with van der Waals surface area (Å²) in [6.45, 7) is 8.36. The predicted octanol–water partition coefficient (Wildman–Crippen LogP) is 5.88. The molecular weight excluding hydrogens is 472 g/mol. The molecule has 2 amide bonds. The van der Waals surface area contributed by atoms with E-state index in [0.29, 0.717) is 25.1 Å². The Bertz CT molecular complexity index is 922. The van der Waals surface area contributed by atoms with Crippen LogP contribution in [-0.4, -0.2) is 43.2 Å². The lowest BCUT2D eigenvalue weighted by atomic mass is 9.88. The van der Waals surface area contributed by atoms with E-state index >= 15 is 0 Å². The Labute approximate surface area is 199 Å². The molecule has 0 aliphatic carbocycles. The fourth-order valence-electron chi connectivity index (χ4n) is 4.31. The van der Waals surface area contributed by atoms with E-state index in [2.05, 4.69) is 21.2 Å². The van der Waals surface area contributed by atoms with E-state index in [4.69, 9.17) is 9.47 Å². The molecule has 0 saturated carbocycles. The van der Waals surface area contributed by atoms with Gasteiger partial charge in [0, 0.05) is 23.1 Å². The number of aryl methyl sites for hydroxylation is 2. The molecule has 1 saturated heterocycles. The van der Waals surface area contributed by atoms with Crippen LogP contribution in [0.1, 0.15) is 43.4 Å². The van der Waals surface area contributed by atoms with Gasteiger partial charge in [-0.15, -0.1) is 0 Å². The van der Waals surface area contributed by atoms with Gasteiger partial charge in [-0.05, 0) is 67.6 Å². The number of carbonyl (C=O) groups is 2. The first-order valence-corrected chi connectivity index (χ1v) is 11.7. The van der Waals surface area contributed by atoms with Gasteiger partial charge in [-0.3, -0.25) is 0 Å². The Balaban J connectivity index is 0.00000176. The molecule has 0 bridgehead atoms. The van der Waals surface area contributed by atoms with Crippen LogP contribution in [0.25, 0.3) is 0 Å². The van der Waals surface area contributed by atoms with Crippen LogP contribution in [0.4, 0.5) is 10.5 Å². The van der Waals surface area contributed by atoms with Gasteiger partial charge in [0.2, 0.25) is 0 Å². The van der Waals surface area contributed by atoms with Crippen LogP contribution in [0.15, 0.2) is 40.9 Å². The van der Waals surface area contributed by atoms with E-state index in [9.17, 15) is 9.59 Å². The average Bonchev–Trinajstić information content (AvgIpc) is 3.21. The Morgan fingerprint density at radius 1 is 1.09 bits per heavy atom. The lowest BCUT2D eigenvalue weighted by Crippen LogP contribution is -2.56. The smallest absolute Gasteiger partial charge is 0.332 e. The maximum absolute atomic E-state index is 13.2. The zero-order valence-electron chi connectivity index (χ0n) is 19.8. The van der Waals surface area contributed by atoms with Crippen molar-refractivity contribution in [2.45, 2.75) is 52.5 Å². The van der Waals surface area contributed by atoms with Crippen molar-refractivity contribution in [1.82, 2.24) is 4.90 Å². The molecule has 1 aliphatic heterocycles. The number of anilines is 1. The number of carbonyl (C=O) groups excluding carboxylic acids is 2. The van der Waals surface area contributed by atoms with E-state index in [1.807, 2.05) is 64.1 Å². The summed E-state index contributed by atoms with van der Waals surface area (Å²) in [5.74, 6) is 0.411. The molecule has 0 aromatic heterocycles. The predicted molar refractivity (Wildman–Crippen MR) is 131 cm³/mol. The fourth-order valence-corrected chi connectivity index (χ4v) is 4.57. The molecule has 0 radical (unpaired) electrons. The van der Waals surface area contributed by atoms with Crippen molar-refractivity contribution in [3.8, 4) is 5.75 Å². The first-order chi connectivity index (χ1) is 15.3. The number of hydrogen-bond acceptors (Lipinski definition) is 4. The molecule has 0 spiro atoms. The molecule has 1 N–H and O–H groups in total. The molecule has 1 fully saturated rings. The van der Waals surface area contributed by atoms with Crippen molar-refractivity contribution < 1.29 is 19.1 Å². The van der Waals surface area contributed by atoms with Crippen LogP contribution in [0.5, 0.6) is 5.75 Å². The minimum Gasteiger partial charge on any atom is -0.496 e.